The fourth-order valence-corrected chi connectivity index (χ4v) is 4.67. The first-order valence-electron chi connectivity index (χ1n) is 11.1. The molecule has 3 aromatic rings. The summed E-state index contributed by atoms with van der Waals surface area (Å²) in [7, 11) is 3.43. The molecule has 32 heavy (non-hydrogen) atoms. The number of nitrogens with one attached hydrogen (secondary N) is 1. The third kappa shape index (κ3) is 4.04. The van der Waals surface area contributed by atoms with Gasteiger partial charge in [-0.15, -0.1) is 0 Å². The number of imidazole rings is 1. The quantitative estimate of drug-likeness (QED) is 0.349. The summed E-state index contributed by atoms with van der Waals surface area (Å²) in [6, 6.07) is 11.9. The molecule has 0 amide bonds. The number of anilines is 1. The van der Waals surface area contributed by atoms with Crippen molar-refractivity contribution in [3.63, 3.8) is 0 Å². The number of ether oxygens (including phenoxy) is 1. The number of aryl methyl sites for hydroxylation is 1. The van der Waals surface area contributed by atoms with Gasteiger partial charge in [0.25, 0.3) is 0 Å². The smallest absolute Gasteiger partial charge is 0.308 e. The Morgan fingerprint density at radius 3 is 2.44 bits per heavy atom. The summed E-state index contributed by atoms with van der Waals surface area (Å²) in [6.07, 6.45) is 3.60. The van der Waals surface area contributed by atoms with Gasteiger partial charge in [0.2, 0.25) is 0 Å². The number of rotatable bonds is 6. The standard InChI is InChI=1S/C24H30N6O2/c1-4-30(18-11-9-17(10-12-18)24(31)32-3)20-14-13-19-23(28-20)29(2)22(27-19)16-7-5-15(6-8-16)21(25)26/h5-8,13-14,17-18H,4,9-12H2,1-3H3,(H3,25,26). The number of pyridine rings is 1. The van der Waals surface area contributed by atoms with E-state index in [9.17, 15) is 4.79 Å². The average molecular weight is 435 g/mol. The van der Waals surface area contributed by atoms with Gasteiger partial charge in [0.1, 0.15) is 23.0 Å². The number of methoxy groups -OCH3 is 1. The largest absolute Gasteiger partial charge is 0.469 e. The van der Waals surface area contributed by atoms with Crippen molar-refractivity contribution in [2.75, 3.05) is 18.6 Å². The van der Waals surface area contributed by atoms with Gasteiger partial charge in [-0.2, -0.15) is 0 Å². The molecule has 168 valence electrons. The predicted octanol–water partition coefficient (Wildman–Crippen LogP) is 3.48. The number of nitrogen functional groups attached to an aromatic ring is 1. The van der Waals surface area contributed by atoms with Crippen LogP contribution in [0.1, 0.15) is 38.2 Å². The van der Waals surface area contributed by atoms with E-state index in [1.165, 1.54) is 7.11 Å². The number of carbonyl (C=O) groups is 1. The number of nitrogens with zero attached hydrogens (tertiary/aromatic N) is 4. The van der Waals surface area contributed by atoms with Gasteiger partial charge in [-0.25, -0.2) is 9.97 Å². The number of carbonyl (C=O) groups excluding carboxylic acids is 1. The van der Waals surface area contributed by atoms with Crippen LogP contribution in [-0.2, 0) is 16.6 Å². The van der Waals surface area contributed by atoms with Crippen LogP contribution >= 0.6 is 0 Å². The monoisotopic (exact) mass is 434 g/mol. The molecule has 4 rings (SSSR count). The van der Waals surface area contributed by atoms with E-state index < -0.39 is 0 Å². The van der Waals surface area contributed by atoms with Gasteiger partial charge in [-0.3, -0.25) is 10.2 Å². The molecule has 0 bridgehead atoms. The van der Waals surface area contributed by atoms with Gasteiger partial charge in [0.15, 0.2) is 5.65 Å². The van der Waals surface area contributed by atoms with Crippen molar-refractivity contribution in [3.8, 4) is 11.4 Å². The minimum Gasteiger partial charge on any atom is -0.469 e. The Balaban J connectivity index is 1.59. The molecule has 2 heterocycles. The Hall–Kier alpha value is -3.42. The van der Waals surface area contributed by atoms with E-state index in [0.29, 0.717) is 11.6 Å². The normalized spacial score (nSPS) is 18.5. The molecule has 3 N–H and O–H groups in total. The van der Waals surface area contributed by atoms with E-state index >= 15 is 0 Å². The summed E-state index contributed by atoms with van der Waals surface area (Å²) in [6.45, 7) is 2.99. The van der Waals surface area contributed by atoms with E-state index in [-0.39, 0.29) is 17.7 Å². The molecule has 1 aliphatic rings. The number of hydrogen-bond acceptors (Lipinski definition) is 6. The number of hydrogen-bond donors (Lipinski definition) is 2. The number of aromatic nitrogens is 3. The lowest BCUT2D eigenvalue weighted by Gasteiger charge is -2.36. The second-order valence-electron chi connectivity index (χ2n) is 8.31. The van der Waals surface area contributed by atoms with E-state index in [1.54, 1.807) is 0 Å². The molecular weight excluding hydrogens is 404 g/mol. The molecule has 1 aromatic carbocycles. The molecule has 0 spiro atoms. The van der Waals surface area contributed by atoms with Crippen LogP contribution in [0, 0.1) is 11.3 Å². The summed E-state index contributed by atoms with van der Waals surface area (Å²) in [5.74, 6) is 1.72. The van der Waals surface area contributed by atoms with Crippen molar-refractivity contribution in [2.24, 2.45) is 18.7 Å². The highest BCUT2D eigenvalue weighted by atomic mass is 16.5. The Labute approximate surface area is 187 Å². The second kappa shape index (κ2) is 8.98. The first-order valence-corrected chi connectivity index (χ1v) is 11.1. The Morgan fingerprint density at radius 1 is 1.16 bits per heavy atom. The molecular formula is C24H30N6O2. The molecule has 1 fully saturated rings. The molecule has 0 aliphatic heterocycles. The fourth-order valence-electron chi connectivity index (χ4n) is 4.67. The van der Waals surface area contributed by atoms with E-state index in [1.807, 2.05) is 48.0 Å². The molecule has 0 saturated heterocycles. The molecule has 0 atom stereocenters. The Kier molecular flexibility index (Phi) is 6.12. The number of esters is 1. The van der Waals surface area contributed by atoms with E-state index in [4.69, 9.17) is 25.8 Å². The molecule has 1 aliphatic carbocycles. The van der Waals surface area contributed by atoms with Crippen LogP contribution in [0.4, 0.5) is 5.82 Å². The number of amidine groups is 1. The highest BCUT2D eigenvalue weighted by Crippen LogP contribution is 2.32. The Morgan fingerprint density at radius 2 is 1.84 bits per heavy atom. The maximum absolute atomic E-state index is 11.9. The van der Waals surface area contributed by atoms with Gasteiger partial charge in [0, 0.05) is 30.8 Å². The fraction of sp³-hybridized carbons (Fsp3) is 0.417. The van der Waals surface area contributed by atoms with Crippen molar-refractivity contribution in [3.05, 3.63) is 42.0 Å². The van der Waals surface area contributed by atoms with Crippen molar-refractivity contribution in [1.82, 2.24) is 14.5 Å². The van der Waals surface area contributed by atoms with Crippen molar-refractivity contribution in [1.29, 1.82) is 5.41 Å². The number of benzene rings is 1. The zero-order valence-corrected chi connectivity index (χ0v) is 18.8. The SMILES string of the molecule is CCN(c1ccc2nc(-c3ccc(C(=N)N)cc3)n(C)c2n1)C1CCC(C(=O)OC)CC1. The van der Waals surface area contributed by atoms with Gasteiger partial charge in [0.05, 0.1) is 13.0 Å². The molecule has 2 aromatic heterocycles. The van der Waals surface area contributed by atoms with Crippen LogP contribution in [-0.4, -0.2) is 46.0 Å². The number of nitrogens with two attached hydrogens (primary N) is 1. The zero-order valence-electron chi connectivity index (χ0n) is 18.8. The Bertz CT molecular complexity index is 1130. The van der Waals surface area contributed by atoms with E-state index in [2.05, 4.69) is 11.8 Å². The minimum absolute atomic E-state index is 0.0133. The third-order valence-corrected chi connectivity index (χ3v) is 6.46. The highest BCUT2D eigenvalue weighted by Gasteiger charge is 2.30. The first-order chi connectivity index (χ1) is 15.4. The highest BCUT2D eigenvalue weighted by molar-refractivity contribution is 5.95. The lowest BCUT2D eigenvalue weighted by Crippen LogP contribution is -2.39. The van der Waals surface area contributed by atoms with Crippen molar-refractivity contribution < 1.29 is 9.53 Å². The first kappa shape index (κ1) is 21.8. The lowest BCUT2D eigenvalue weighted by molar-refractivity contribution is -0.146. The molecule has 0 radical (unpaired) electrons. The second-order valence-corrected chi connectivity index (χ2v) is 8.31. The van der Waals surface area contributed by atoms with Crippen LogP contribution in [0.5, 0.6) is 0 Å². The van der Waals surface area contributed by atoms with Gasteiger partial charge >= 0.3 is 5.97 Å². The van der Waals surface area contributed by atoms with Gasteiger partial charge in [-0.05, 0) is 44.7 Å². The summed E-state index contributed by atoms with van der Waals surface area (Å²) in [5.41, 5.74) is 8.87. The van der Waals surface area contributed by atoms with E-state index in [0.717, 1.165) is 60.6 Å². The van der Waals surface area contributed by atoms with Crippen LogP contribution in [0.25, 0.3) is 22.6 Å². The summed E-state index contributed by atoms with van der Waals surface area (Å²) in [5, 5.41) is 7.57. The average Bonchev–Trinajstić information content (AvgIpc) is 3.15. The van der Waals surface area contributed by atoms with Gasteiger partial charge < -0.3 is 19.9 Å². The van der Waals surface area contributed by atoms with Crippen molar-refractivity contribution in [2.45, 2.75) is 38.6 Å². The van der Waals surface area contributed by atoms with Crippen LogP contribution in [0.3, 0.4) is 0 Å². The van der Waals surface area contributed by atoms with Gasteiger partial charge in [-0.1, -0.05) is 24.3 Å². The molecule has 0 unspecified atom stereocenters. The zero-order chi connectivity index (χ0) is 22.8. The van der Waals surface area contributed by atoms with Crippen LogP contribution < -0.4 is 10.6 Å². The molecule has 1 saturated carbocycles. The van der Waals surface area contributed by atoms with Crippen LogP contribution in [0.2, 0.25) is 0 Å². The molecule has 8 nitrogen and oxygen atoms in total. The maximum atomic E-state index is 11.9. The third-order valence-electron chi connectivity index (χ3n) is 6.46. The predicted molar refractivity (Wildman–Crippen MR) is 126 cm³/mol. The van der Waals surface area contributed by atoms with Crippen molar-refractivity contribution >= 4 is 28.8 Å². The minimum atomic E-state index is -0.0928. The number of fused-ring (bicyclic) bond motifs is 1. The summed E-state index contributed by atoms with van der Waals surface area (Å²) >= 11 is 0. The maximum Gasteiger partial charge on any atom is 0.308 e. The summed E-state index contributed by atoms with van der Waals surface area (Å²) in [4.78, 5) is 23.9. The van der Waals surface area contributed by atoms with Crippen LogP contribution in [0.15, 0.2) is 36.4 Å². The summed E-state index contributed by atoms with van der Waals surface area (Å²) < 4.78 is 6.93. The lowest BCUT2D eigenvalue weighted by atomic mass is 9.85. The molecule has 8 heteroatoms. The topological polar surface area (TPSA) is 110 Å².